The number of nitrogens with zero attached hydrogens (tertiary/aromatic N) is 1. The molecule has 1 N–H and O–H groups in total. The summed E-state index contributed by atoms with van der Waals surface area (Å²) in [6.07, 6.45) is 3.64. The summed E-state index contributed by atoms with van der Waals surface area (Å²) in [5.74, 6) is 0.799. The first-order valence-corrected chi connectivity index (χ1v) is 3.94. The molecule has 13 heavy (non-hydrogen) atoms. The van der Waals surface area contributed by atoms with Gasteiger partial charge in [-0.25, -0.2) is 0 Å². The van der Waals surface area contributed by atoms with Crippen LogP contribution in [-0.2, 0) is 0 Å². The van der Waals surface area contributed by atoms with Crippen molar-refractivity contribution in [3.8, 4) is 5.75 Å². The predicted molar refractivity (Wildman–Crippen MR) is 50.4 cm³/mol. The fourth-order valence-electron chi connectivity index (χ4n) is 1.46. The van der Waals surface area contributed by atoms with E-state index in [9.17, 15) is 0 Å². The van der Waals surface area contributed by atoms with Crippen LogP contribution < -0.4 is 4.74 Å². The molecule has 1 aliphatic carbocycles. The molecule has 3 heteroatoms. The monoisotopic (exact) mass is 175 g/mol. The molecule has 0 unspecified atom stereocenters. The third-order valence-corrected chi connectivity index (χ3v) is 2.08. The minimum absolute atomic E-state index is 0.578. The average molecular weight is 175 g/mol. The van der Waals surface area contributed by atoms with Gasteiger partial charge in [0.05, 0.1) is 7.11 Å². The van der Waals surface area contributed by atoms with Crippen LogP contribution in [0.3, 0.4) is 0 Å². The third-order valence-electron chi connectivity index (χ3n) is 2.08. The summed E-state index contributed by atoms with van der Waals surface area (Å²) in [5.41, 5.74) is 2.45. The van der Waals surface area contributed by atoms with E-state index in [4.69, 9.17) is 9.94 Å². The molecule has 1 aromatic carbocycles. The van der Waals surface area contributed by atoms with E-state index < -0.39 is 0 Å². The minimum Gasteiger partial charge on any atom is -0.496 e. The van der Waals surface area contributed by atoms with Crippen LogP contribution in [0.15, 0.2) is 29.4 Å². The van der Waals surface area contributed by atoms with Crippen LogP contribution in [0.25, 0.3) is 6.08 Å². The number of ether oxygens (including phenoxy) is 1. The molecule has 2 rings (SSSR count). The zero-order valence-corrected chi connectivity index (χ0v) is 7.19. The summed E-state index contributed by atoms with van der Waals surface area (Å²) in [4.78, 5) is 0. The summed E-state index contributed by atoms with van der Waals surface area (Å²) in [6, 6.07) is 5.65. The van der Waals surface area contributed by atoms with Gasteiger partial charge in [0.25, 0.3) is 0 Å². The van der Waals surface area contributed by atoms with Crippen LogP contribution in [0.2, 0.25) is 0 Å². The summed E-state index contributed by atoms with van der Waals surface area (Å²) in [7, 11) is 1.62. The topological polar surface area (TPSA) is 41.8 Å². The van der Waals surface area contributed by atoms with Gasteiger partial charge in [0.15, 0.2) is 0 Å². The maximum absolute atomic E-state index is 8.67. The lowest BCUT2D eigenvalue weighted by molar-refractivity contribution is 0.320. The van der Waals surface area contributed by atoms with Crippen LogP contribution >= 0.6 is 0 Å². The van der Waals surface area contributed by atoms with Crippen LogP contribution in [-0.4, -0.2) is 18.0 Å². The first-order valence-electron chi connectivity index (χ1n) is 3.94. The minimum atomic E-state index is 0.578. The Hall–Kier alpha value is -1.77. The lowest BCUT2D eigenvalue weighted by Crippen LogP contribution is -1.95. The first kappa shape index (κ1) is 7.86. The van der Waals surface area contributed by atoms with Gasteiger partial charge >= 0.3 is 0 Å². The van der Waals surface area contributed by atoms with Crippen molar-refractivity contribution in [1.82, 2.24) is 0 Å². The highest BCUT2D eigenvalue weighted by molar-refractivity contribution is 6.17. The molecule has 0 spiro atoms. The van der Waals surface area contributed by atoms with Crippen LogP contribution in [0.1, 0.15) is 11.1 Å². The van der Waals surface area contributed by atoms with E-state index in [0.29, 0.717) is 5.71 Å². The second kappa shape index (κ2) is 2.94. The van der Waals surface area contributed by atoms with E-state index >= 15 is 0 Å². The molecule has 66 valence electrons. The van der Waals surface area contributed by atoms with Crippen molar-refractivity contribution in [1.29, 1.82) is 0 Å². The highest BCUT2D eigenvalue weighted by Gasteiger charge is 2.15. The number of benzene rings is 1. The van der Waals surface area contributed by atoms with E-state index in [1.54, 1.807) is 13.2 Å². The van der Waals surface area contributed by atoms with E-state index in [2.05, 4.69) is 5.16 Å². The molecule has 0 bridgehead atoms. The van der Waals surface area contributed by atoms with E-state index in [0.717, 1.165) is 16.9 Å². The van der Waals surface area contributed by atoms with Crippen LogP contribution in [0, 0.1) is 0 Å². The zero-order chi connectivity index (χ0) is 9.26. The maximum Gasteiger partial charge on any atom is 0.126 e. The largest absolute Gasteiger partial charge is 0.496 e. The van der Waals surface area contributed by atoms with Crippen molar-refractivity contribution >= 4 is 11.8 Å². The van der Waals surface area contributed by atoms with E-state index in [1.807, 2.05) is 24.3 Å². The van der Waals surface area contributed by atoms with Crippen molar-refractivity contribution in [2.75, 3.05) is 7.11 Å². The van der Waals surface area contributed by atoms with Gasteiger partial charge in [0.1, 0.15) is 11.5 Å². The Kier molecular flexibility index (Phi) is 1.77. The first-order chi connectivity index (χ1) is 6.36. The fraction of sp³-hybridized carbons (Fsp3) is 0.100. The Bertz CT molecular complexity index is 394. The Morgan fingerprint density at radius 2 is 2.15 bits per heavy atom. The molecular formula is C10H9NO2. The Balaban J connectivity index is 2.61. The molecule has 0 saturated heterocycles. The summed E-state index contributed by atoms with van der Waals surface area (Å²) >= 11 is 0. The molecule has 1 aliphatic rings. The highest BCUT2D eigenvalue weighted by atomic mass is 16.5. The number of oxime groups is 1. The van der Waals surface area contributed by atoms with Gasteiger partial charge in [-0.15, -0.1) is 0 Å². The summed E-state index contributed by atoms with van der Waals surface area (Å²) < 4.78 is 5.16. The maximum atomic E-state index is 8.67. The van der Waals surface area contributed by atoms with Crippen molar-refractivity contribution in [2.45, 2.75) is 0 Å². The van der Waals surface area contributed by atoms with Gasteiger partial charge in [-0.1, -0.05) is 17.3 Å². The van der Waals surface area contributed by atoms with Crippen molar-refractivity contribution in [3.05, 3.63) is 35.4 Å². The van der Waals surface area contributed by atoms with E-state index in [-0.39, 0.29) is 0 Å². The number of rotatable bonds is 1. The summed E-state index contributed by atoms with van der Waals surface area (Å²) in [5, 5.41) is 11.9. The quantitative estimate of drug-likeness (QED) is 0.523. The standard InChI is InChI=1S/C10H9NO2/c1-13-10-4-2-3-7-8(10)5-6-9(7)11-12/h2-6,12H,1H3. The Morgan fingerprint density at radius 1 is 1.31 bits per heavy atom. The molecule has 0 atom stereocenters. The number of hydrogen-bond donors (Lipinski definition) is 1. The number of methoxy groups -OCH3 is 1. The molecule has 0 saturated carbocycles. The molecule has 1 aromatic rings. The van der Waals surface area contributed by atoms with E-state index in [1.165, 1.54) is 0 Å². The Labute approximate surface area is 76.0 Å². The van der Waals surface area contributed by atoms with Gasteiger partial charge in [0, 0.05) is 11.1 Å². The van der Waals surface area contributed by atoms with Crippen molar-refractivity contribution in [2.24, 2.45) is 5.16 Å². The van der Waals surface area contributed by atoms with Crippen molar-refractivity contribution < 1.29 is 9.94 Å². The smallest absolute Gasteiger partial charge is 0.126 e. The molecule has 0 heterocycles. The molecular weight excluding hydrogens is 166 g/mol. The third kappa shape index (κ3) is 1.09. The average Bonchev–Trinajstić information content (AvgIpc) is 2.60. The number of hydrogen-bond acceptors (Lipinski definition) is 3. The van der Waals surface area contributed by atoms with Crippen LogP contribution in [0.4, 0.5) is 0 Å². The van der Waals surface area contributed by atoms with Gasteiger partial charge in [-0.05, 0) is 18.2 Å². The Morgan fingerprint density at radius 3 is 2.85 bits per heavy atom. The van der Waals surface area contributed by atoms with Gasteiger partial charge < -0.3 is 9.94 Å². The lowest BCUT2D eigenvalue weighted by Gasteiger charge is -2.04. The molecule has 0 amide bonds. The summed E-state index contributed by atoms with van der Waals surface area (Å²) in [6.45, 7) is 0. The molecule has 3 nitrogen and oxygen atoms in total. The predicted octanol–water partition coefficient (Wildman–Crippen LogP) is 1.90. The number of allylic oxidation sites excluding steroid dienone is 1. The SMILES string of the molecule is COc1cccc2c1C=CC2=NO. The lowest BCUT2D eigenvalue weighted by atomic mass is 10.1. The van der Waals surface area contributed by atoms with Gasteiger partial charge in [-0.2, -0.15) is 0 Å². The molecule has 0 aliphatic heterocycles. The normalized spacial score (nSPS) is 16.2. The van der Waals surface area contributed by atoms with Gasteiger partial charge in [0.2, 0.25) is 0 Å². The second-order valence-corrected chi connectivity index (χ2v) is 2.74. The molecule has 0 aromatic heterocycles. The second-order valence-electron chi connectivity index (χ2n) is 2.74. The fourth-order valence-corrected chi connectivity index (χ4v) is 1.46. The van der Waals surface area contributed by atoms with Gasteiger partial charge in [-0.3, -0.25) is 0 Å². The van der Waals surface area contributed by atoms with Crippen molar-refractivity contribution in [3.63, 3.8) is 0 Å². The molecule has 0 fully saturated rings. The number of fused-ring (bicyclic) bond motifs is 1. The van der Waals surface area contributed by atoms with Crippen LogP contribution in [0.5, 0.6) is 5.75 Å². The highest BCUT2D eigenvalue weighted by Crippen LogP contribution is 2.28. The molecule has 0 radical (unpaired) electrons. The zero-order valence-electron chi connectivity index (χ0n) is 7.19.